The number of hydrogen-bond donors (Lipinski definition) is 2. The van der Waals surface area contributed by atoms with Crippen molar-refractivity contribution in [2.24, 2.45) is 5.92 Å². The van der Waals surface area contributed by atoms with E-state index in [1.165, 1.54) is 7.11 Å². The van der Waals surface area contributed by atoms with Crippen LogP contribution in [0.4, 0.5) is 0 Å². The normalized spacial score (nSPS) is 23.0. The first-order chi connectivity index (χ1) is 11.3. The van der Waals surface area contributed by atoms with E-state index < -0.39 is 35.5 Å². The summed E-state index contributed by atoms with van der Waals surface area (Å²) in [7, 11) is 1.28. The number of carboxylic acid groups (broad SMARTS) is 1. The molecule has 0 radical (unpaired) electrons. The number of esters is 1. The SMILES string of the molecule is COC(=O)[C@H]([C@H]1CC[C@@H](C(=O)O)N1Cc1ccccc1)C(C)(C)O. The van der Waals surface area contributed by atoms with Crippen molar-refractivity contribution in [1.29, 1.82) is 0 Å². The van der Waals surface area contributed by atoms with Crippen LogP contribution in [0.25, 0.3) is 0 Å². The number of hydrogen-bond acceptors (Lipinski definition) is 5. The molecule has 132 valence electrons. The summed E-state index contributed by atoms with van der Waals surface area (Å²) in [5.41, 5.74) is -0.338. The Bertz CT molecular complexity index is 581. The van der Waals surface area contributed by atoms with Gasteiger partial charge in [0.05, 0.1) is 12.7 Å². The highest BCUT2D eigenvalue weighted by Gasteiger charge is 2.49. The lowest BCUT2D eigenvalue weighted by molar-refractivity contribution is -0.160. The molecular formula is C18H25NO5. The Labute approximate surface area is 142 Å². The van der Waals surface area contributed by atoms with Crippen LogP contribution < -0.4 is 0 Å². The van der Waals surface area contributed by atoms with Crippen LogP contribution in [0.2, 0.25) is 0 Å². The molecule has 6 heteroatoms. The van der Waals surface area contributed by atoms with Gasteiger partial charge < -0.3 is 14.9 Å². The van der Waals surface area contributed by atoms with E-state index in [1.54, 1.807) is 18.7 Å². The van der Waals surface area contributed by atoms with Gasteiger partial charge in [0.25, 0.3) is 0 Å². The molecule has 2 N–H and O–H groups in total. The summed E-state index contributed by atoms with van der Waals surface area (Å²) in [5.74, 6) is -2.24. The number of carbonyl (C=O) groups is 2. The minimum atomic E-state index is -1.31. The zero-order valence-electron chi connectivity index (χ0n) is 14.3. The lowest BCUT2D eigenvalue weighted by Gasteiger charge is -2.37. The number of aliphatic hydroxyl groups is 1. The van der Waals surface area contributed by atoms with Crippen LogP contribution in [0, 0.1) is 5.92 Å². The topological polar surface area (TPSA) is 87.1 Å². The number of nitrogens with zero attached hydrogens (tertiary/aromatic N) is 1. The first-order valence-corrected chi connectivity index (χ1v) is 8.08. The van der Waals surface area contributed by atoms with Crippen LogP contribution in [-0.2, 0) is 20.9 Å². The summed E-state index contributed by atoms with van der Waals surface area (Å²) in [6.07, 6.45) is 0.962. The molecule has 1 saturated heterocycles. The van der Waals surface area contributed by atoms with Crippen molar-refractivity contribution in [1.82, 2.24) is 4.90 Å². The average molecular weight is 335 g/mol. The van der Waals surface area contributed by atoms with Crippen LogP contribution in [0.1, 0.15) is 32.3 Å². The molecule has 0 amide bonds. The van der Waals surface area contributed by atoms with E-state index >= 15 is 0 Å². The van der Waals surface area contributed by atoms with Crippen LogP contribution in [-0.4, -0.2) is 51.8 Å². The largest absolute Gasteiger partial charge is 0.480 e. The van der Waals surface area contributed by atoms with E-state index in [4.69, 9.17) is 4.74 Å². The lowest BCUT2D eigenvalue weighted by Crippen LogP contribution is -2.52. The summed E-state index contributed by atoms with van der Waals surface area (Å²) in [4.78, 5) is 25.7. The van der Waals surface area contributed by atoms with Gasteiger partial charge >= 0.3 is 11.9 Å². The summed E-state index contributed by atoms with van der Waals surface area (Å²) in [6.45, 7) is 3.53. The smallest absolute Gasteiger partial charge is 0.320 e. The second kappa shape index (κ2) is 7.32. The number of methoxy groups -OCH3 is 1. The van der Waals surface area contributed by atoms with Crippen molar-refractivity contribution < 1.29 is 24.5 Å². The second-order valence-electron chi connectivity index (χ2n) is 6.81. The molecule has 0 aliphatic carbocycles. The number of rotatable bonds is 6. The molecule has 1 fully saturated rings. The quantitative estimate of drug-likeness (QED) is 0.769. The van der Waals surface area contributed by atoms with E-state index in [-0.39, 0.29) is 0 Å². The van der Waals surface area contributed by atoms with Gasteiger partial charge in [-0.1, -0.05) is 30.3 Å². The highest BCUT2D eigenvalue weighted by molar-refractivity contribution is 5.76. The van der Waals surface area contributed by atoms with Gasteiger partial charge in [-0.3, -0.25) is 14.5 Å². The predicted molar refractivity (Wildman–Crippen MR) is 88.2 cm³/mol. The fourth-order valence-electron chi connectivity index (χ4n) is 3.58. The molecule has 1 aromatic carbocycles. The zero-order chi connectivity index (χ0) is 17.9. The zero-order valence-corrected chi connectivity index (χ0v) is 14.3. The Balaban J connectivity index is 2.35. The fraction of sp³-hybridized carbons (Fsp3) is 0.556. The van der Waals surface area contributed by atoms with E-state index in [9.17, 15) is 19.8 Å². The maximum Gasteiger partial charge on any atom is 0.320 e. The minimum Gasteiger partial charge on any atom is -0.480 e. The first-order valence-electron chi connectivity index (χ1n) is 8.08. The van der Waals surface area contributed by atoms with Crippen molar-refractivity contribution in [3.05, 3.63) is 35.9 Å². The molecule has 1 heterocycles. The molecular weight excluding hydrogens is 310 g/mol. The molecule has 0 unspecified atom stereocenters. The Kier molecular flexibility index (Phi) is 5.62. The number of likely N-dealkylation sites (tertiary alicyclic amines) is 1. The third kappa shape index (κ3) is 3.94. The summed E-state index contributed by atoms with van der Waals surface area (Å²) >= 11 is 0. The van der Waals surface area contributed by atoms with Gasteiger partial charge in [0.15, 0.2) is 0 Å². The minimum absolute atomic E-state index is 0.390. The molecule has 6 nitrogen and oxygen atoms in total. The fourth-order valence-corrected chi connectivity index (χ4v) is 3.58. The van der Waals surface area contributed by atoms with Crippen molar-refractivity contribution in [2.75, 3.05) is 7.11 Å². The van der Waals surface area contributed by atoms with Crippen molar-refractivity contribution in [2.45, 2.75) is 50.9 Å². The summed E-state index contributed by atoms with van der Waals surface area (Å²) < 4.78 is 4.87. The number of benzene rings is 1. The van der Waals surface area contributed by atoms with E-state index in [0.717, 1.165) is 5.56 Å². The van der Waals surface area contributed by atoms with E-state index in [1.807, 2.05) is 30.3 Å². The predicted octanol–water partition coefficient (Wildman–Crippen LogP) is 1.66. The average Bonchev–Trinajstić information content (AvgIpc) is 2.90. The molecule has 3 atom stereocenters. The molecule has 1 aromatic rings. The van der Waals surface area contributed by atoms with Crippen LogP contribution in [0.3, 0.4) is 0 Å². The molecule has 24 heavy (non-hydrogen) atoms. The second-order valence-corrected chi connectivity index (χ2v) is 6.81. The monoisotopic (exact) mass is 335 g/mol. The van der Waals surface area contributed by atoms with Crippen LogP contribution >= 0.6 is 0 Å². The highest BCUT2D eigenvalue weighted by Crippen LogP contribution is 2.36. The van der Waals surface area contributed by atoms with Crippen LogP contribution in [0.15, 0.2) is 30.3 Å². The number of ether oxygens (including phenoxy) is 1. The van der Waals surface area contributed by atoms with Crippen molar-refractivity contribution in [3.8, 4) is 0 Å². The number of aliphatic carboxylic acids is 1. The van der Waals surface area contributed by atoms with Gasteiger partial charge in [-0.2, -0.15) is 0 Å². The van der Waals surface area contributed by atoms with Gasteiger partial charge in [-0.25, -0.2) is 0 Å². The first kappa shape index (κ1) is 18.4. The van der Waals surface area contributed by atoms with Crippen molar-refractivity contribution in [3.63, 3.8) is 0 Å². The number of carboxylic acids is 1. The molecule has 0 bridgehead atoms. The Morgan fingerprint density at radius 1 is 1.29 bits per heavy atom. The van der Waals surface area contributed by atoms with E-state index in [2.05, 4.69) is 0 Å². The van der Waals surface area contributed by atoms with Gasteiger partial charge in [0.2, 0.25) is 0 Å². The Morgan fingerprint density at radius 2 is 1.92 bits per heavy atom. The number of carbonyl (C=O) groups excluding carboxylic acids is 1. The van der Waals surface area contributed by atoms with Crippen LogP contribution in [0.5, 0.6) is 0 Å². The maximum atomic E-state index is 12.3. The molecule has 2 rings (SSSR count). The molecule has 0 saturated carbocycles. The Morgan fingerprint density at radius 3 is 2.42 bits per heavy atom. The van der Waals surface area contributed by atoms with Crippen molar-refractivity contribution >= 4 is 11.9 Å². The molecule has 1 aliphatic rings. The standard InChI is InChI=1S/C18H25NO5/c1-18(2,23)15(17(22)24-3)13-9-10-14(16(20)21)19(13)11-12-7-5-4-6-8-12/h4-8,13-15,23H,9-11H2,1-3H3,(H,20,21)/t13-,14+,15+/m1/s1. The lowest BCUT2D eigenvalue weighted by atomic mass is 9.83. The maximum absolute atomic E-state index is 12.3. The molecule has 0 spiro atoms. The summed E-state index contributed by atoms with van der Waals surface area (Å²) in [6, 6.07) is 8.46. The summed E-state index contributed by atoms with van der Waals surface area (Å²) in [5, 5.41) is 20.0. The van der Waals surface area contributed by atoms with Gasteiger partial charge in [0.1, 0.15) is 12.0 Å². The van der Waals surface area contributed by atoms with Gasteiger partial charge in [-0.15, -0.1) is 0 Å². The highest BCUT2D eigenvalue weighted by atomic mass is 16.5. The van der Waals surface area contributed by atoms with Gasteiger partial charge in [0, 0.05) is 12.6 Å². The molecule has 0 aromatic heterocycles. The molecule has 1 aliphatic heterocycles. The third-order valence-electron chi connectivity index (χ3n) is 4.66. The Hall–Kier alpha value is -1.92. The third-order valence-corrected chi connectivity index (χ3v) is 4.66. The van der Waals surface area contributed by atoms with E-state index in [0.29, 0.717) is 19.4 Å². The van der Waals surface area contributed by atoms with Gasteiger partial charge in [-0.05, 0) is 32.3 Å².